The van der Waals surface area contributed by atoms with Crippen LogP contribution < -0.4 is 10.1 Å². The maximum absolute atomic E-state index is 5.74. The standard InChI is InChI=1S/C14H17N3O2/c1-2-7-15-14-16-13(17-19-14)11-8-10-5-3-4-6-12(10)18-9-11/h3-6,11H,2,7-9H2,1H3,(H,15,16,17). The second kappa shape index (κ2) is 5.30. The third kappa shape index (κ3) is 2.54. The van der Waals surface area contributed by atoms with E-state index in [-0.39, 0.29) is 5.92 Å². The molecule has 2 heterocycles. The van der Waals surface area contributed by atoms with Gasteiger partial charge in [0.1, 0.15) is 5.75 Å². The number of aromatic nitrogens is 2. The molecule has 2 aromatic rings. The molecule has 19 heavy (non-hydrogen) atoms. The van der Waals surface area contributed by atoms with E-state index in [1.165, 1.54) is 5.56 Å². The van der Waals surface area contributed by atoms with Crippen molar-refractivity contribution in [2.75, 3.05) is 18.5 Å². The highest BCUT2D eigenvalue weighted by Gasteiger charge is 2.25. The topological polar surface area (TPSA) is 60.2 Å². The summed E-state index contributed by atoms with van der Waals surface area (Å²) in [4.78, 5) is 4.38. The Morgan fingerprint density at radius 1 is 1.37 bits per heavy atom. The Labute approximate surface area is 112 Å². The lowest BCUT2D eigenvalue weighted by Gasteiger charge is -2.22. The predicted octanol–water partition coefficient (Wildman–Crippen LogP) is 2.61. The molecular weight excluding hydrogens is 242 g/mol. The van der Waals surface area contributed by atoms with Gasteiger partial charge in [-0.25, -0.2) is 0 Å². The summed E-state index contributed by atoms with van der Waals surface area (Å²) in [7, 11) is 0. The Kier molecular flexibility index (Phi) is 3.35. The van der Waals surface area contributed by atoms with Crippen LogP contribution in [0.1, 0.15) is 30.7 Å². The molecule has 1 atom stereocenters. The Morgan fingerprint density at radius 2 is 2.26 bits per heavy atom. The van der Waals surface area contributed by atoms with Gasteiger partial charge in [-0.1, -0.05) is 30.3 Å². The Hall–Kier alpha value is -2.04. The van der Waals surface area contributed by atoms with Gasteiger partial charge in [0.25, 0.3) is 0 Å². The summed E-state index contributed by atoms with van der Waals surface area (Å²) in [6, 6.07) is 8.58. The largest absolute Gasteiger partial charge is 0.493 e. The number of anilines is 1. The summed E-state index contributed by atoms with van der Waals surface area (Å²) in [5.74, 6) is 1.84. The van der Waals surface area contributed by atoms with Gasteiger partial charge in [0, 0.05) is 6.54 Å². The minimum atomic E-state index is 0.163. The van der Waals surface area contributed by atoms with Gasteiger partial charge in [0.15, 0.2) is 5.82 Å². The number of benzene rings is 1. The SMILES string of the molecule is CCCNc1nc(C2COc3ccccc3C2)no1. The van der Waals surface area contributed by atoms with Crippen molar-refractivity contribution in [3.63, 3.8) is 0 Å². The van der Waals surface area contributed by atoms with Crippen molar-refractivity contribution in [3.05, 3.63) is 35.7 Å². The van der Waals surface area contributed by atoms with Crippen molar-refractivity contribution in [1.29, 1.82) is 0 Å². The first-order valence-electron chi connectivity index (χ1n) is 6.65. The first-order valence-corrected chi connectivity index (χ1v) is 6.65. The average Bonchev–Trinajstić information content (AvgIpc) is 2.93. The third-order valence-corrected chi connectivity index (χ3v) is 3.21. The fourth-order valence-electron chi connectivity index (χ4n) is 2.20. The maximum atomic E-state index is 5.74. The van der Waals surface area contributed by atoms with Gasteiger partial charge < -0.3 is 14.6 Å². The van der Waals surface area contributed by atoms with Gasteiger partial charge in [-0.2, -0.15) is 4.98 Å². The fourth-order valence-corrected chi connectivity index (χ4v) is 2.20. The minimum absolute atomic E-state index is 0.163. The first kappa shape index (κ1) is 12.0. The molecule has 0 bridgehead atoms. The van der Waals surface area contributed by atoms with E-state index in [9.17, 15) is 0 Å². The second-order valence-corrected chi connectivity index (χ2v) is 4.70. The van der Waals surface area contributed by atoms with E-state index in [2.05, 4.69) is 28.4 Å². The van der Waals surface area contributed by atoms with Crippen molar-refractivity contribution in [2.45, 2.75) is 25.7 Å². The molecule has 0 saturated carbocycles. The van der Waals surface area contributed by atoms with E-state index in [0.29, 0.717) is 18.4 Å². The van der Waals surface area contributed by atoms with Gasteiger partial charge in [0.2, 0.25) is 0 Å². The third-order valence-electron chi connectivity index (χ3n) is 3.21. The van der Waals surface area contributed by atoms with E-state index in [0.717, 1.165) is 25.1 Å². The molecule has 1 aromatic carbocycles. The van der Waals surface area contributed by atoms with Crippen LogP contribution in [0.15, 0.2) is 28.8 Å². The number of nitrogens with zero attached hydrogens (tertiary/aromatic N) is 2. The van der Waals surface area contributed by atoms with E-state index in [1.54, 1.807) is 0 Å². The van der Waals surface area contributed by atoms with Crippen molar-refractivity contribution in [3.8, 4) is 5.75 Å². The molecule has 1 aromatic heterocycles. The van der Waals surface area contributed by atoms with Crippen molar-refractivity contribution in [2.24, 2.45) is 0 Å². The highest BCUT2D eigenvalue weighted by Crippen LogP contribution is 2.31. The Morgan fingerprint density at radius 3 is 3.16 bits per heavy atom. The normalized spacial score (nSPS) is 17.6. The number of para-hydroxylation sites is 1. The summed E-state index contributed by atoms with van der Waals surface area (Å²) in [5, 5.41) is 7.13. The zero-order valence-electron chi connectivity index (χ0n) is 10.9. The molecule has 100 valence electrons. The van der Waals surface area contributed by atoms with E-state index in [1.807, 2.05) is 18.2 Å². The molecule has 3 rings (SSSR count). The lowest BCUT2D eigenvalue weighted by atomic mass is 9.96. The van der Waals surface area contributed by atoms with Crippen LogP contribution in [0.5, 0.6) is 5.75 Å². The van der Waals surface area contributed by atoms with E-state index < -0.39 is 0 Å². The zero-order valence-corrected chi connectivity index (χ0v) is 10.9. The van der Waals surface area contributed by atoms with Crippen molar-refractivity contribution < 1.29 is 9.26 Å². The molecule has 1 N–H and O–H groups in total. The Bertz CT molecular complexity index is 553. The molecule has 5 nitrogen and oxygen atoms in total. The van der Waals surface area contributed by atoms with Crippen LogP contribution in [0.3, 0.4) is 0 Å². The van der Waals surface area contributed by atoms with Gasteiger partial charge in [-0.15, -0.1) is 0 Å². The zero-order chi connectivity index (χ0) is 13.1. The van der Waals surface area contributed by atoms with Gasteiger partial charge in [-0.05, 0) is 24.5 Å². The number of hydrogen-bond donors (Lipinski definition) is 1. The summed E-state index contributed by atoms with van der Waals surface area (Å²) in [6.07, 6.45) is 1.92. The van der Waals surface area contributed by atoms with Crippen LogP contribution in [-0.4, -0.2) is 23.3 Å². The Balaban J connectivity index is 1.72. The number of hydrogen-bond acceptors (Lipinski definition) is 5. The van der Waals surface area contributed by atoms with Crippen LogP contribution in [0.2, 0.25) is 0 Å². The molecule has 0 radical (unpaired) electrons. The number of nitrogens with one attached hydrogen (secondary N) is 1. The minimum Gasteiger partial charge on any atom is -0.493 e. The van der Waals surface area contributed by atoms with Crippen LogP contribution in [0.4, 0.5) is 6.01 Å². The van der Waals surface area contributed by atoms with E-state index in [4.69, 9.17) is 9.26 Å². The molecule has 0 saturated heterocycles. The summed E-state index contributed by atoms with van der Waals surface area (Å²) in [5.41, 5.74) is 1.20. The smallest absolute Gasteiger partial charge is 0.321 e. The number of rotatable bonds is 4. The summed E-state index contributed by atoms with van der Waals surface area (Å²) < 4.78 is 10.9. The molecule has 1 aliphatic heterocycles. The molecular formula is C14H17N3O2. The number of ether oxygens (including phenoxy) is 1. The molecule has 0 aliphatic carbocycles. The predicted molar refractivity (Wildman–Crippen MR) is 71.5 cm³/mol. The van der Waals surface area contributed by atoms with Crippen LogP contribution in [0, 0.1) is 0 Å². The summed E-state index contributed by atoms with van der Waals surface area (Å²) >= 11 is 0. The van der Waals surface area contributed by atoms with Gasteiger partial charge >= 0.3 is 6.01 Å². The molecule has 5 heteroatoms. The van der Waals surface area contributed by atoms with Crippen LogP contribution in [-0.2, 0) is 6.42 Å². The molecule has 0 amide bonds. The average molecular weight is 259 g/mol. The molecule has 1 unspecified atom stereocenters. The van der Waals surface area contributed by atoms with Crippen molar-refractivity contribution in [1.82, 2.24) is 10.1 Å². The summed E-state index contributed by atoms with van der Waals surface area (Å²) in [6.45, 7) is 3.53. The van der Waals surface area contributed by atoms with Gasteiger partial charge in [0.05, 0.1) is 12.5 Å². The van der Waals surface area contributed by atoms with Crippen molar-refractivity contribution >= 4 is 6.01 Å². The van der Waals surface area contributed by atoms with Crippen LogP contribution in [0.25, 0.3) is 0 Å². The quantitative estimate of drug-likeness (QED) is 0.914. The lowest BCUT2D eigenvalue weighted by molar-refractivity contribution is 0.254. The monoisotopic (exact) mass is 259 g/mol. The highest BCUT2D eigenvalue weighted by atomic mass is 16.5. The highest BCUT2D eigenvalue weighted by molar-refractivity contribution is 5.36. The second-order valence-electron chi connectivity index (χ2n) is 4.70. The maximum Gasteiger partial charge on any atom is 0.321 e. The van der Waals surface area contributed by atoms with E-state index >= 15 is 0 Å². The lowest BCUT2D eigenvalue weighted by Crippen LogP contribution is -2.20. The van der Waals surface area contributed by atoms with Crippen LogP contribution >= 0.6 is 0 Å². The fraction of sp³-hybridized carbons (Fsp3) is 0.429. The first-order chi connectivity index (χ1) is 9.36. The number of fused-ring (bicyclic) bond motifs is 1. The molecule has 1 aliphatic rings. The molecule has 0 fully saturated rings. The van der Waals surface area contributed by atoms with Gasteiger partial charge in [-0.3, -0.25) is 0 Å². The molecule has 0 spiro atoms.